The van der Waals surface area contributed by atoms with Crippen molar-refractivity contribution >= 4 is 16.7 Å². The summed E-state index contributed by atoms with van der Waals surface area (Å²) >= 11 is 0. The van der Waals surface area contributed by atoms with Crippen LogP contribution in [0.2, 0.25) is 0 Å². The second-order valence-electron chi connectivity index (χ2n) is 7.61. The predicted molar refractivity (Wildman–Crippen MR) is 120 cm³/mol. The van der Waals surface area contributed by atoms with E-state index in [-0.39, 0.29) is 23.5 Å². The Balaban J connectivity index is 1.49. The number of nitrogens with one attached hydrogen (secondary N) is 1. The first-order chi connectivity index (χ1) is 14.4. The van der Waals surface area contributed by atoms with Gasteiger partial charge in [-0.2, -0.15) is 0 Å². The highest BCUT2D eigenvalue weighted by Crippen LogP contribution is 2.23. The lowest BCUT2D eigenvalue weighted by Crippen LogP contribution is -2.36. The fourth-order valence-corrected chi connectivity index (χ4v) is 4.28. The average Bonchev–Trinajstić information content (AvgIpc) is 3.07. The molecule has 0 aliphatic heterocycles. The van der Waals surface area contributed by atoms with Gasteiger partial charge in [-0.05, 0) is 51.3 Å². The second kappa shape index (κ2) is 10.3. The molecule has 30 heavy (non-hydrogen) atoms. The van der Waals surface area contributed by atoms with Crippen molar-refractivity contribution in [2.24, 2.45) is 0 Å². The zero-order chi connectivity index (χ0) is 21.5. The summed E-state index contributed by atoms with van der Waals surface area (Å²) in [7, 11) is -1.35. The maximum absolute atomic E-state index is 12.5. The monoisotopic (exact) mass is 424 g/mol. The van der Waals surface area contributed by atoms with Crippen molar-refractivity contribution in [1.82, 2.24) is 10.3 Å². The van der Waals surface area contributed by atoms with Crippen LogP contribution in [0.15, 0.2) is 59.0 Å². The van der Waals surface area contributed by atoms with E-state index in [4.69, 9.17) is 4.42 Å². The number of hydrogen-bond donors (Lipinski definition) is 1. The van der Waals surface area contributed by atoms with E-state index in [1.54, 1.807) is 0 Å². The first-order valence-corrected chi connectivity index (χ1v) is 11.6. The smallest absolute Gasteiger partial charge is 0.232 e. The van der Waals surface area contributed by atoms with Gasteiger partial charge in [0.15, 0.2) is 0 Å². The molecule has 0 saturated carbocycles. The maximum Gasteiger partial charge on any atom is 0.232 e. The Morgan fingerprint density at radius 1 is 1.13 bits per heavy atom. The van der Waals surface area contributed by atoms with Gasteiger partial charge >= 0.3 is 0 Å². The molecule has 0 fully saturated rings. The van der Waals surface area contributed by atoms with Crippen LogP contribution < -0.4 is 5.32 Å². The van der Waals surface area contributed by atoms with Crippen LogP contribution in [0, 0.1) is 13.8 Å². The number of oxazole rings is 1. The molecule has 3 rings (SSSR count). The van der Waals surface area contributed by atoms with Crippen LogP contribution in [-0.2, 0) is 27.8 Å². The first kappa shape index (κ1) is 22.0. The Morgan fingerprint density at radius 2 is 1.90 bits per heavy atom. The van der Waals surface area contributed by atoms with Gasteiger partial charge in [0, 0.05) is 22.4 Å². The normalized spacial score (nSPS) is 13.0. The van der Waals surface area contributed by atoms with Gasteiger partial charge in [-0.15, -0.1) is 0 Å². The summed E-state index contributed by atoms with van der Waals surface area (Å²) < 4.78 is 18.3. The van der Waals surface area contributed by atoms with Crippen LogP contribution in [0.1, 0.15) is 35.9 Å². The van der Waals surface area contributed by atoms with Crippen molar-refractivity contribution in [2.75, 3.05) is 5.75 Å². The Kier molecular flexibility index (Phi) is 7.57. The average molecular weight is 425 g/mol. The van der Waals surface area contributed by atoms with Crippen LogP contribution in [-0.4, -0.2) is 26.9 Å². The van der Waals surface area contributed by atoms with E-state index in [1.165, 1.54) is 5.56 Å². The van der Waals surface area contributed by atoms with E-state index in [9.17, 15) is 9.00 Å². The summed E-state index contributed by atoms with van der Waals surface area (Å²) in [5.41, 5.74) is 3.88. The molecule has 1 aromatic heterocycles. The van der Waals surface area contributed by atoms with E-state index < -0.39 is 10.8 Å². The lowest BCUT2D eigenvalue weighted by atomic mass is 10.1. The summed E-state index contributed by atoms with van der Waals surface area (Å²) in [6, 6.07) is 18.1. The van der Waals surface area contributed by atoms with E-state index >= 15 is 0 Å². The summed E-state index contributed by atoms with van der Waals surface area (Å²) in [5, 5.41) is 2.94. The highest BCUT2D eigenvalue weighted by molar-refractivity contribution is 7.84. The molecule has 1 amide bonds. The van der Waals surface area contributed by atoms with Crippen LogP contribution in [0.5, 0.6) is 0 Å². The van der Waals surface area contributed by atoms with Crippen molar-refractivity contribution in [3.05, 3.63) is 77.2 Å². The Morgan fingerprint density at radius 3 is 2.63 bits per heavy atom. The molecule has 1 N–H and O–H groups in total. The quantitative estimate of drug-likeness (QED) is 0.554. The molecular weight excluding hydrogens is 396 g/mol. The number of rotatable bonds is 9. The number of carbonyl (C=O) groups is 1. The molecule has 3 aromatic rings. The number of aromatic nitrogens is 1. The molecule has 6 heteroatoms. The summed E-state index contributed by atoms with van der Waals surface area (Å²) in [6.45, 7) is 5.79. The topological polar surface area (TPSA) is 72.2 Å². The molecule has 2 aromatic carbocycles. The summed E-state index contributed by atoms with van der Waals surface area (Å²) in [4.78, 5) is 16.8. The highest BCUT2D eigenvalue weighted by Gasteiger charge is 2.17. The van der Waals surface area contributed by atoms with Crippen LogP contribution in [0.4, 0.5) is 0 Å². The van der Waals surface area contributed by atoms with E-state index in [1.807, 2.05) is 63.2 Å². The third kappa shape index (κ3) is 6.39. The lowest BCUT2D eigenvalue weighted by molar-refractivity contribution is -0.119. The zero-order valence-electron chi connectivity index (χ0n) is 17.7. The number of nitrogens with zero attached hydrogens (tertiary/aromatic N) is 1. The van der Waals surface area contributed by atoms with E-state index in [0.29, 0.717) is 17.3 Å². The molecule has 0 unspecified atom stereocenters. The minimum Gasteiger partial charge on any atom is -0.441 e. The molecule has 0 bridgehead atoms. The largest absolute Gasteiger partial charge is 0.441 e. The van der Waals surface area contributed by atoms with E-state index in [0.717, 1.165) is 24.0 Å². The maximum atomic E-state index is 12.5. The molecule has 0 saturated heterocycles. The Bertz CT molecular complexity index is 1010. The third-order valence-electron chi connectivity index (χ3n) is 4.86. The van der Waals surface area contributed by atoms with Crippen molar-refractivity contribution < 1.29 is 13.4 Å². The molecule has 5 nitrogen and oxygen atoms in total. The second-order valence-corrected chi connectivity index (χ2v) is 9.07. The molecule has 2 atom stereocenters. The predicted octanol–water partition coefficient (Wildman–Crippen LogP) is 4.34. The van der Waals surface area contributed by atoms with Gasteiger partial charge in [-0.1, -0.05) is 48.0 Å². The number of aryl methyl sites for hydroxylation is 3. The molecule has 0 radical (unpaired) electrons. The van der Waals surface area contributed by atoms with Crippen LogP contribution in [0.3, 0.4) is 0 Å². The van der Waals surface area contributed by atoms with Gasteiger partial charge in [0.2, 0.25) is 11.8 Å². The summed E-state index contributed by atoms with van der Waals surface area (Å²) in [6.07, 6.45) is 1.73. The van der Waals surface area contributed by atoms with Crippen LogP contribution >= 0.6 is 0 Å². The first-order valence-electron chi connectivity index (χ1n) is 10.1. The molecule has 1 heterocycles. The molecule has 0 aliphatic rings. The SMILES string of the molecule is Cc1cccc(-c2nc(C[S@](=O)CC(=O)N[C@@H](C)CCc3ccccc3)c(C)o2)c1. The highest BCUT2D eigenvalue weighted by atomic mass is 32.2. The molecule has 0 spiro atoms. The minimum absolute atomic E-state index is 0.0245. The number of benzene rings is 2. The van der Waals surface area contributed by atoms with Gasteiger partial charge in [-0.25, -0.2) is 4.98 Å². The van der Waals surface area contributed by atoms with Gasteiger partial charge < -0.3 is 9.73 Å². The Hall–Kier alpha value is -2.73. The van der Waals surface area contributed by atoms with E-state index in [2.05, 4.69) is 22.4 Å². The number of hydrogen-bond acceptors (Lipinski definition) is 4. The Labute approximate surface area is 180 Å². The minimum atomic E-state index is -1.35. The third-order valence-corrected chi connectivity index (χ3v) is 6.04. The lowest BCUT2D eigenvalue weighted by Gasteiger charge is -2.13. The number of carbonyl (C=O) groups excluding carboxylic acids is 1. The number of amides is 1. The van der Waals surface area contributed by atoms with Gasteiger partial charge in [0.25, 0.3) is 0 Å². The van der Waals surface area contributed by atoms with Gasteiger partial charge in [0.1, 0.15) is 11.5 Å². The fourth-order valence-electron chi connectivity index (χ4n) is 3.23. The molecular formula is C24H28N2O3S. The van der Waals surface area contributed by atoms with Gasteiger partial charge in [-0.3, -0.25) is 9.00 Å². The zero-order valence-corrected chi connectivity index (χ0v) is 18.5. The van der Waals surface area contributed by atoms with Gasteiger partial charge in [0.05, 0.1) is 11.4 Å². The van der Waals surface area contributed by atoms with Crippen molar-refractivity contribution in [3.63, 3.8) is 0 Å². The van der Waals surface area contributed by atoms with Crippen molar-refractivity contribution in [1.29, 1.82) is 0 Å². The standard InChI is InChI=1S/C24H28N2O3S/c1-17-8-7-11-21(14-17)24-26-22(19(3)29-24)15-30(28)16-23(27)25-18(2)12-13-20-9-5-4-6-10-20/h4-11,14,18H,12-13,15-16H2,1-3H3,(H,25,27)/t18-,30-/m0/s1. The summed E-state index contributed by atoms with van der Waals surface area (Å²) in [5.74, 6) is 1.11. The van der Waals surface area contributed by atoms with Crippen LogP contribution in [0.25, 0.3) is 11.5 Å². The fraction of sp³-hybridized carbons (Fsp3) is 0.333. The molecule has 0 aliphatic carbocycles. The molecule has 158 valence electrons. The van der Waals surface area contributed by atoms with Crippen molar-refractivity contribution in [2.45, 2.75) is 45.4 Å². The van der Waals surface area contributed by atoms with Crippen molar-refractivity contribution in [3.8, 4) is 11.5 Å².